The van der Waals surface area contributed by atoms with Gasteiger partial charge in [-0.2, -0.15) is 0 Å². The van der Waals surface area contributed by atoms with E-state index in [0.29, 0.717) is 5.69 Å². The van der Waals surface area contributed by atoms with Gasteiger partial charge in [0, 0.05) is 18.5 Å². The number of likely N-dealkylation sites (tertiary alicyclic amines) is 1. The Morgan fingerprint density at radius 2 is 1.78 bits per heavy atom. The minimum absolute atomic E-state index is 0.118. The van der Waals surface area contributed by atoms with Crippen molar-refractivity contribution in [2.45, 2.75) is 12.8 Å². The predicted molar refractivity (Wildman–Crippen MR) is 70.3 cm³/mol. The molecular weight excluding hydrogens is 252 g/mol. The summed E-state index contributed by atoms with van der Waals surface area (Å²) in [5.41, 5.74) is 0.702. The lowest BCUT2D eigenvalue weighted by atomic mass is 10.3. The van der Waals surface area contributed by atoms with Gasteiger partial charge in [0.2, 0.25) is 11.8 Å². The highest BCUT2D eigenvalue weighted by Gasteiger charge is 2.32. The molecule has 1 aliphatic heterocycles. The normalized spacial score (nSPS) is 14.8. The van der Waals surface area contributed by atoms with E-state index in [4.69, 9.17) is 17.0 Å². The van der Waals surface area contributed by atoms with Gasteiger partial charge in [0.25, 0.3) is 0 Å². The van der Waals surface area contributed by atoms with Gasteiger partial charge in [0.15, 0.2) is 5.11 Å². The minimum Gasteiger partial charge on any atom is -0.497 e. The number of rotatable bonds is 2. The molecular formula is C12H12N2O3S. The Morgan fingerprint density at radius 3 is 2.28 bits per heavy atom. The number of carbonyl (C=O) groups excluding carboxylic acids is 2. The number of thiocarbonyl (C=S) groups is 1. The zero-order chi connectivity index (χ0) is 13.1. The van der Waals surface area contributed by atoms with Gasteiger partial charge in [-0.05, 0) is 36.5 Å². The van der Waals surface area contributed by atoms with Crippen LogP contribution in [-0.4, -0.2) is 28.9 Å². The summed E-state index contributed by atoms with van der Waals surface area (Å²) in [5.74, 6) is 0.205. The average Bonchev–Trinajstić information content (AvgIpc) is 2.70. The molecule has 1 aromatic rings. The van der Waals surface area contributed by atoms with Crippen molar-refractivity contribution in [3.63, 3.8) is 0 Å². The zero-order valence-electron chi connectivity index (χ0n) is 9.80. The maximum atomic E-state index is 11.5. The Kier molecular flexibility index (Phi) is 3.57. The Labute approximate surface area is 110 Å². The SMILES string of the molecule is COc1ccc(NC(=S)N2C(=O)CCC2=O)cc1. The predicted octanol–water partition coefficient (Wildman–Crippen LogP) is 1.54. The molecule has 1 aromatic carbocycles. The third-order valence-corrected chi connectivity index (χ3v) is 2.88. The van der Waals surface area contributed by atoms with Crippen LogP contribution in [-0.2, 0) is 9.59 Å². The van der Waals surface area contributed by atoms with E-state index >= 15 is 0 Å². The molecule has 0 bridgehead atoms. The van der Waals surface area contributed by atoms with E-state index in [1.165, 1.54) is 0 Å². The Bertz CT molecular complexity index is 483. The summed E-state index contributed by atoms with van der Waals surface area (Å²) < 4.78 is 5.03. The number of amides is 2. The van der Waals surface area contributed by atoms with Gasteiger partial charge in [-0.1, -0.05) is 0 Å². The largest absolute Gasteiger partial charge is 0.497 e. The molecule has 0 radical (unpaired) electrons. The van der Waals surface area contributed by atoms with E-state index in [1.807, 2.05) is 0 Å². The first kappa shape index (κ1) is 12.5. The highest BCUT2D eigenvalue weighted by molar-refractivity contribution is 7.80. The van der Waals surface area contributed by atoms with Crippen LogP contribution in [0.3, 0.4) is 0 Å². The second-order valence-electron chi connectivity index (χ2n) is 3.78. The van der Waals surface area contributed by atoms with E-state index in [1.54, 1.807) is 31.4 Å². The van der Waals surface area contributed by atoms with Crippen LogP contribution in [0.4, 0.5) is 5.69 Å². The number of methoxy groups -OCH3 is 1. The van der Waals surface area contributed by atoms with Crippen LogP contribution >= 0.6 is 12.2 Å². The zero-order valence-corrected chi connectivity index (χ0v) is 10.6. The molecule has 6 heteroatoms. The van der Waals surface area contributed by atoms with Gasteiger partial charge < -0.3 is 10.1 Å². The summed E-state index contributed by atoms with van der Waals surface area (Å²) in [6, 6.07) is 7.05. The van der Waals surface area contributed by atoms with Gasteiger partial charge in [-0.25, -0.2) is 4.90 Å². The van der Waals surface area contributed by atoms with E-state index < -0.39 is 0 Å². The quantitative estimate of drug-likeness (QED) is 0.648. The third kappa shape index (κ3) is 2.48. The van der Waals surface area contributed by atoms with E-state index in [-0.39, 0.29) is 29.8 Å². The standard InChI is InChI=1S/C12H12N2O3S/c1-17-9-4-2-8(3-5-9)13-12(18)14-10(15)6-7-11(14)16/h2-5H,6-7H2,1H3,(H,13,18). The van der Waals surface area contributed by atoms with Gasteiger partial charge >= 0.3 is 0 Å². The van der Waals surface area contributed by atoms with Crippen molar-refractivity contribution < 1.29 is 14.3 Å². The number of anilines is 1. The molecule has 1 heterocycles. The van der Waals surface area contributed by atoms with E-state index in [9.17, 15) is 9.59 Å². The molecule has 18 heavy (non-hydrogen) atoms. The van der Waals surface area contributed by atoms with Crippen LogP contribution in [0.1, 0.15) is 12.8 Å². The van der Waals surface area contributed by atoms with Crippen LogP contribution < -0.4 is 10.1 Å². The number of hydrogen-bond acceptors (Lipinski definition) is 4. The van der Waals surface area contributed by atoms with Crippen molar-refractivity contribution in [3.8, 4) is 5.75 Å². The van der Waals surface area contributed by atoms with Crippen molar-refractivity contribution in [3.05, 3.63) is 24.3 Å². The number of imide groups is 1. The fraction of sp³-hybridized carbons (Fsp3) is 0.250. The first-order valence-corrected chi connectivity index (χ1v) is 5.83. The third-order valence-electron chi connectivity index (χ3n) is 2.60. The lowest BCUT2D eigenvalue weighted by Gasteiger charge is -2.16. The van der Waals surface area contributed by atoms with Crippen molar-refractivity contribution in [2.75, 3.05) is 12.4 Å². The van der Waals surface area contributed by atoms with Crippen LogP contribution in [0.5, 0.6) is 5.75 Å². The summed E-state index contributed by atoms with van der Waals surface area (Å²) in [5, 5.41) is 2.97. The van der Waals surface area contributed by atoms with E-state index in [0.717, 1.165) is 10.6 Å². The summed E-state index contributed by atoms with van der Waals surface area (Å²) in [7, 11) is 1.58. The van der Waals surface area contributed by atoms with Crippen LogP contribution in [0.25, 0.3) is 0 Å². The summed E-state index contributed by atoms with van der Waals surface area (Å²) in [4.78, 5) is 24.0. The van der Waals surface area contributed by atoms with Gasteiger partial charge in [-0.15, -0.1) is 0 Å². The highest BCUT2D eigenvalue weighted by Crippen LogP contribution is 2.17. The number of carbonyl (C=O) groups is 2. The van der Waals surface area contributed by atoms with Crippen molar-refractivity contribution in [2.24, 2.45) is 0 Å². The lowest BCUT2D eigenvalue weighted by molar-refractivity contribution is -0.133. The smallest absolute Gasteiger partial charge is 0.236 e. The first-order valence-electron chi connectivity index (χ1n) is 5.42. The van der Waals surface area contributed by atoms with E-state index in [2.05, 4.69) is 5.32 Å². The summed E-state index contributed by atoms with van der Waals surface area (Å²) in [6.45, 7) is 0. The molecule has 5 nitrogen and oxygen atoms in total. The fourth-order valence-electron chi connectivity index (χ4n) is 1.66. The molecule has 0 aliphatic carbocycles. The Hall–Kier alpha value is -1.95. The molecule has 0 atom stereocenters. The molecule has 0 unspecified atom stereocenters. The van der Waals surface area contributed by atoms with Crippen molar-refractivity contribution in [1.29, 1.82) is 0 Å². The van der Waals surface area contributed by atoms with Crippen LogP contribution in [0.2, 0.25) is 0 Å². The second-order valence-corrected chi connectivity index (χ2v) is 4.17. The molecule has 0 aromatic heterocycles. The number of ether oxygens (including phenoxy) is 1. The van der Waals surface area contributed by atoms with Crippen LogP contribution in [0.15, 0.2) is 24.3 Å². The number of benzene rings is 1. The maximum absolute atomic E-state index is 11.5. The average molecular weight is 264 g/mol. The molecule has 1 aliphatic rings. The molecule has 2 amide bonds. The monoisotopic (exact) mass is 264 g/mol. The molecule has 1 N–H and O–H groups in total. The molecule has 1 saturated heterocycles. The highest BCUT2D eigenvalue weighted by atomic mass is 32.1. The summed E-state index contributed by atoms with van der Waals surface area (Å²) >= 11 is 5.05. The van der Waals surface area contributed by atoms with Gasteiger partial charge in [0.05, 0.1) is 7.11 Å². The Morgan fingerprint density at radius 1 is 1.22 bits per heavy atom. The number of hydrogen-bond donors (Lipinski definition) is 1. The van der Waals surface area contributed by atoms with Gasteiger partial charge in [0.1, 0.15) is 5.75 Å². The second kappa shape index (κ2) is 5.14. The molecule has 94 valence electrons. The van der Waals surface area contributed by atoms with Crippen LogP contribution in [0, 0.1) is 0 Å². The maximum Gasteiger partial charge on any atom is 0.236 e. The molecule has 2 rings (SSSR count). The minimum atomic E-state index is -0.258. The van der Waals surface area contributed by atoms with Gasteiger partial charge in [-0.3, -0.25) is 9.59 Å². The molecule has 0 spiro atoms. The fourth-order valence-corrected chi connectivity index (χ4v) is 1.98. The summed E-state index contributed by atoms with van der Waals surface area (Å²) in [6.07, 6.45) is 0.451. The number of nitrogens with zero attached hydrogens (tertiary/aromatic N) is 1. The first-order chi connectivity index (χ1) is 8.61. The molecule has 0 saturated carbocycles. The lowest BCUT2D eigenvalue weighted by Crippen LogP contribution is -2.38. The molecule has 1 fully saturated rings. The Balaban J connectivity index is 2.06. The van der Waals surface area contributed by atoms with Crippen molar-refractivity contribution >= 4 is 34.8 Å². The topological polar surface area (TPSA) is 58.6 Å². The van der Waals surface area contributed by atoms with Crippen molar-refractivity contribution in [1.82, 2.24) is 4.90 Å². The number of nitrogens with one attached hydrogen (secondary N) is 1.